The molecule has 0 amide bonds. The molecule has 0 aliphatic rings. The fourth-order valence-corrected chi connectivity index (χ4v) is 0.913. The van der Waals surface area contributed by atoms with Crippen LogP contribution in [0.3, 0.4) is 0 Å². The zero-order chi connectivity index (χ0) is 10.2. The van der Waals surface area contributed by atoms with Crippen LogP contribution in [-0.2, 0) is 0 Å². The first-order chi connectivity index (χ1) is 6.86. The highest BCUT2D eigenvalue weighted by molar-refractivity contribution is 5.46. The molecule has 0 aromatic carbocycles. The second kappa shape index (κ2) is 5.80. The van der Waals surface area contributed by atoms with E-state index in [1.165, 1.54) is 0 Å². The fourth-order valence-electron chi connectivity index (χ4n) is 0.913. The number of nitrogens with zero attached hydrogens (tertiary/aromatic N) is 1. The first-order valence-corrected chi connectivity index (χ1v) is 4.45. The minimum Gasteiger partial charge on any atom is -0.380 e. The van der Waals surface area contributed by atoms with E-state index in [1.807, 2.05) is 12.1 Å². The predicted octanol–water partition coefficient (Wildman–Crippen LogP) is 2.08. The lowest BCUT2D eigenvalue weighted by Crippen LogP contribution is -2.02. The standard InChI is InChI=1S/C11H14N3/c1-3-7-12-10-5-6-11(14-9-10)13-8-4-2/h3-6,12H,1-2,7-8H2,(H,13,14). The van der Waals surface area contributed by atoms with E-state index in [1.54, 1.807) is 12.2 Å². The van der Waals surface area contributed by atoms with E-state index in [4.69, 9.17) is 0 Å². The summed E-state index contributed by atoms with van der Waals surface area (Å²) in [5, 5.41) is 6.16. The molecule has 0 unspecified atom stereocenters. The van der Waals surface area contributed by atoms with Gasteiger partial charge in [-0.3, -0.25) is 0 Å². The van der Waals surface area contributed by atoms with E-state index in [-0.39, 0.29) is 0 Å². The van der Waals surface area contributed by atoms with E-state index in [9.17, 15) is 0 Å². The van der Waals surface area contributed by atoms with Crippen molar-refractivity contribution in [3.8, 4) is 0 Å². The highest BCUT2D eigenvalue weighted by Crippen LogP contribution is 2.07. The molecule has 1 radical (unpaired) electrons. The Balaban J connectivity index is 2.49. The lowest BCUT2D eigenvalue weighted by Gasteiger charge is -2.04. The van der Waals surface area contributed by atoms with Crippen LogP contribution in [0.4, 0.5) is 11.5 Å². The summed E-state index contributed by atoms with van der Waals surface area (Å²) in [6.07, 6.45) is 6.45. The molecule has 0 saturated heterocycles. The summed E-state index contributed by atoms with van der Waals surface area (Å²) in [6.45, 7) is 8.65. The molecular weight excluding hydrogens is 174 g/mol. The molecule has 2 N–H and O–H groups in total. The zero-order valence-electron chi connectivity index (χ0n) is 8.09. The van der Waals surface area contributed by atoms with Crippen molar-refractivity contribution in [2.75, 3.05) is 23.7 Å². The quantitative estimate of drug-likeness (QED) is 0.671. The largest absolute Gasteiger partial charge is 0.380 e. The first kappa shape index (κ1) is 10.3. The summed E-state index contributed by atoms with van der Waals surface area (Å²) in [6, 6.07) is 3.81. The van der Waals surface area contributed by atoms with Crippen molar-refractivity contribution >= 4 is 11.5 Å². The van der Waals surface area contributed by atoms with Crippen LogP contribution in [0.15, 0.2) is 37.4 Å². The molecule has 1 heterocycles. The molecule has 1 aromatic heterocycles. The van der Waals surface area contributed by atoms with Crippen LogP contribution in [0, 0.1) is 6.20 Å². The maximum atomic E-state index is 4.09. The van der Waals surface area contributed by atoms with Crippen LogP contribution in [0.2, 0.25) is 0 Å². The highest BCUT2D eigenvalue weighted by Gasteiger charge is 1.93. The summed E-state index contributed by atoms with van der Waals surface area (Å²) in [4.78, 5) is 4.09. The van der Waals surface area contributed by atoms with Gasteiger partial charge in [-0.05, 0) is 12.1 Å². The Morgan fingerprint density at radius 1 is 1.21 bits per heavy atom. The van der Waals surface area contributed by atoms with Gasteiger partial charge >= 0.3 is 0 Å². The van der Waals surface area contributed by atoms with Crippen molar-refractivity contribution in [3.05, 3.63) is 43.6 Å². The predicted molar refractivity (Wildman–Crippen MR) is 60.4 cm³/mol. The van der Waals surface area contributed by atoms with Gasteiger partial charge in [0.05, 0.1) is 5.69 Å². The molecule has 0 fully saturated rings. The summed E-state index contributed by atoms with van der Waals surface area (Å²) < 4.78 is 0. The summed E-state index contributed by atoms with van der Waals surface area (Å²) in [5.41, 5.74) is 0.869. The Labute approximate surface area is 84.6 Å². The summed E-state index contributed by atoms with van der Waals surface area (Å²) in [5.74, 6) is 0.800. The molecule has 3 nitrogen and oxygen atoms in total. The van der Waals surface area contributed by atoms with Crippen molar-refractivity contribution < 1.29 is 0 Å². The first-order valence-electron chi connectivity index (χ1n) is 4.45. The van der Waals surface area contributed by atoms with Crippen LogP contribution in [0.1, 0.15) is 0 Å². The average Bonchev–Trinajstić information content (AvgIpc) is 2.25. The number of anilines is 2. The normalized spacial score (nSPS) is 9.14. The smallest absolute Gasteiger partial charge is 0.127 e. The number of pyridine rings is 1. The minimum absolute atomic E-state index is 0.709. The van der Waals surface area contributed by atoms with Gasteiger partial charge < -0.3 is 10.6 Å². The molecule has 0 atom stereocenters. The zero-order valence-corrected chi connectivity index (χ0v) is 8.09. The van der Waals surface area contributed by atoms with Gasteiger partial charge in [-0.1, -0.05) is 12.2 Å². The van der Waals surface area contributed by atoms with Crippen LogP contribution >= 0.6 is 0 Å². The maximum absolute atomic E-state index is 4.09. The molecule has 1 aromatic rings. The van der Waals surface area contributed by atoms with Gasteiger partial charge in [-0.2, -0.15) is 0 Å². The second-order valence-corrected chi connectivity index (χ2v) is 2.70. The van der Waals surface area contributed by atoms with Crippen LogP contribution in [0.5, 0.6) is 0 Å². The Kier molecular flexibility index (Phi) is 4.27. The van der Waals surface area contributed by atoms with Gasteiger partial charge in [0.15, 0.2) is 0 Å². The fraction of sp³-hybridized carbons (Fsp3) is 0.182. The van der Waals surface area contributed by atoms with Gasteiger partial charge in [0.25, 0.3) is 0 Å². The molecule has 0 saturated carbocycles. The topological polar surface area (TPSA) is 37.0 Å². The molecule has 0 aliphatic heterocycles. The molecule has 1 rings (SSSR count). The summed E-state index contributed by atoms with van der Waals surface area (Å²) in [7, 11) is 0. The molecular formula is C11H14N3. The SMILES string of the molecule is C=CCNc1[c]nc(NCC=C)cc1. The number of rotatable bonds is 6. The van der Waals surface area contributed by atoms with Crippen molar-refractivity contribution in [2.24, 2.45) is 0 Å². The minimum atomic E-state index is 0.709. The number of nitrogens with one attached hydrogen (secondary N) is 2. The van der Waals surface area contributed by atoms with Gasteiger partial charge in [0, 0.05) is 13.1 Å². The van der Waals surface area contributed by atoms with Crippen LogP contribution in [0.25, 0.3) is 0 Å². The molecule has 14 heavy (non-hydrogen) atoms. The average molecular weight is 188 g/mol. The van der Waals surface area contributed by atoms with Crippen LogP contribution in [-0.4, -0.2) is 18.1 Å². The van der Waals surface area contributed by atoms with E-state index in [0.29, 0.717) is 6.54 Å². The van der Waals surface area contributed by atoms with E-state index in [0.717, 1.165) is 18.1 Å². The Morgan fingerprint density at radius 2 is 1.93 bits per heavy atom. The van der Waals surface area contributed by atoms with Crippen LogP contribution < -0.4 is 10.6 Å². The maximum Gasteiger partial charge on any atom is 0.127 e. The lowest BCUT2D eigenvalue weighted by molar-refractivity contribution is 1.21. The van der Waals surface area contributed by atoms with Crippen molar-refractivity contribution in [1.82, 2.24) is 4.98 Å². The van der Waals surface area contributed by atoms with Crippen molar-refractivity contribution in [2.45, 2.75) is 0 Å². The Hall–Kier alpha value is -1.77. The third-order valence-electron chi connectivity index (χ3n) is 1.57. The molecule has 0 aliphatic carbocycles. The molecule has 3 heteroatoms. The number of hydrogen-bond acceptors (Lipinski definition) is 3. The summed E-state index contributed by atoms with van der Waals surface area (Å²) >= 11 is 0. The van der Waals surface area contributed by atoms with E-state index < -0.39 is 0 Å². The lowest BCUT2D eigenvalue weighted by atomic mass is 10.4. The molecule has 73 valence electrons. The Bertz CT molecular complexity index is 259. The van der Waals surface area contributed by atoms with E-state index >= 15 is 0 Å². The highest BCUT2D eigenvalue weighted by atomic mass is 15.0. The van der Waals surface area contributed by atoms with Gasteiger partial charge in [0.1, 0.15) is 12.0 Å². The Morgan fingerprint density at radius 3 is 2.50 bits per heavy atom. The second-order valence-electron chi connectivity index (χ2n) is 2.70. The third kappa shape index (κ3) is 3.31. The third-order valence-corrected chi connectivity index (χ3v) is 1.57. The van der Waals surface area contributed by atoms with Gasteiger partial charge in [-0.25, -0.2) is 4.98 Å². The molecule has 0 bridgehead atoms. The van der Waals surface area contributed by atoms with Crippen molar-refractivity contribution in [1.29, 1.82) is 0 Å². The van der Waals surface area contributed by atoms with Gasteiger partial charge in [0.2, 0.25) is 0 Å². The molecule has 0 spiro atoms. The number of aromatic nitrogens is 1. The number of hydrogen-bond donors (Lipinski definition) is 2. The van der Waals surface area contributed by atoms with Crippen molar-refractivity contribution in [3.63, 3.8) is 0 Å². The van der Waals surface area contributed by atoms with E-state index in [2.05, 4.69) is 35.0 Å². The monoisotopic (exact) mass is 188 g/mol. The van der Waals surface area contributed by atoms with Gasteiger partial charge in [-0.15, -0.1) is 13.2 Å².